The van der Waals surface area contributed by atoms with Gasteiger partial charge in [-0.15, -0.1) is 0 Å². The standard InChI is InChI=1S/C25H31FN4O3S2/c1-4-18-6-5-7-22-23(18)27-25(34-22)30(17-16-28(2)3)24(31)19-12-14-29(15-13-19)35(32,33)21-10-8-20(26)9-11-21/h5-11,19H,4,12-17H2,1-3H3. The highest BCUT2D eigenvalue weighted by molar-refractivity contribution is 7.89. The van der Waals surface area contributed by atoms with E-state index >= 15 is 0 Å². The fourth-order valence-electron chi connectivity index (χ4n) is 4.31. The van der Waals surface area contributed by atoms with Crippen molar-refractivity contribution in [3.8, 4) is 0 Å². The zero-order valence-corrected chi connectivity index (χ0v) is 21.9. The minimum Gasteiger partial charge on any atom is -0.308 e. The topological polar surface area (TPSA) is 73.8 Å². The van der Waals surface area contributed by atoms with Gasteiger partial charge in [0.25, 0.3) is 0 Å². The highest BCUT2D eigenvalue weighted by Crippen LogP contribution is 2.33. The number of carbonyl (C=O) groups is 1. The fraction of sp³-hybridized carbons (Fsp3) is 0.440. The van der Waals surface area contributed by atoms with E-state index in [0.717, 1.165) is 34.3 Å². The number of anilines is 1. The highest BCUT2D eigenvalue weighted by atomic mass is 32.2. The van der Waals surface area contributed by atoms with E-state index in [1.54, 1.807) is 4.90 Å². The summed E-state index contributed by atoms with van der Waals surface area (Å²) in [5, 5.41) is 0.689. The Kier molecular flexibility index (Phi) is 7.85. The molecular weight excluding hydrogens is 487 g/mol. The first-order valence-corrected chi connectivity index (χ1v) is 14.1. The smallest absolute Gasteiger partial charge is 0.243 e. The quantitative estimate of drug-likeness (QED) is 0.451. The number of aryl methyl sites for hydroxylation is 1. The van der Waals surface area contributed by atoms with Gasteiger partial charge in [0.15, 0.2) is 5.13 Å². The lowest BCUT2D eigenvalue weighted by Gasteiger charge is -2.33. The molecule has 1 aliphatic heterocycles. The van der Waals surface area contributed by atoms with Crippen LogP contribution >= 0.6 is 11.3 Å². The molecule has 0 saturated carbocycles. The molecule has 2 heterocycles. The molecule has 1 saturated heterocycles. The molecule has 188 valence electrons. The second kappa shape index (κ2) is 10.7. The molecule has 0 atom stereocenters. The highest BCUT2D eigenvalue weighted by Gasteiger charge is 2.35. The Morgan fingerprint density at radius 1 is 1.11 bits per heavy atom. The zero-order valence-electron chi connectivity index (χ0n) is 20.3. The number of amides is 1. The molecule has 1 fully saturated rings. The number of hydrogen-bond acceptors (Lipinski definition) is 6. The van der Waals surface area contributed by atoms with Gasteiger partial charge in [0.2, 0.25) is 15.9 Å². The summed E-state index contributed by atoms with van der Waals surface area (Å²) in [6.07, 6.45) is 1.73. The van der Waals surface area contributed by atoms with E-state index < -0.39 is 15.8 Å². The molecule has 10 heteroatoms. The van der Waals surface area contributed by atoms with Crippen molar-refractivity contribution in [3.05, 3.63) is 53.8 Å². The molecule has 7 nitrogen and oxygen atoms in total. The summed E-state index contributed by atoms with van der Waals surface area (Å²) in [5.41, 5.74) is 2.10. The molecule has 0 N–H and O–H groups in total. The molecule has 4 rings (SSSR count). The van der Waals surface area contributed by atoms with Crippen LogP contribution in [0.1, 0.15) is 25.3 Å². The molecule has 0 unspecified atom stereocenters. The van der Waals surface area contributed by atoms with Gasteiger partial charge in [-0.3, -0.25) is 9.69 Å². The molecule has 0 bridgehead atoms. The minimum absolute atomic E-state index is 0.0113. The Labute approximate surface area is 210 Å². The predicted molar refractivity (Wildman–Crippen MR) is 138 cm³/mol. The molecule has 1 aromatic heterocycles. The van der Waals surface area contributed by atoms with Gasteiger partial charge < -0.3 is 4.90 Å². The Hall–Kier alpha value is -2.40. The number of sulfonamides is 1. The third-order valence-electron chi connectivity index (χ3n) is 6.39. The van der Waals surface area contributed by atoms with Crippen LogP contribution in [-0.4, -0.2) is 68.8 Å². The predicted octanol–water partition coefficient (Wildman–Crippen LogP) is 3.99. The van der Waals surface area contributed by atoms with Gasteiger partial charge in [-0.1, -0.05) is 30.4 Å². The average Bonchev–Trinajstić information content (AvgIpc) is 3.28. The molecule has 1 aliphatic rings. The number of aromatic nitrogens is 1. The summed E-state index contributed by atoms with van der Waals surface area (Å²) in [6, 6.07) is 11.0. The van der Waals surface area contributed by atoms with Gasteiger partial charge in [0.1, 0.15) is 5.82 Å². The number of hydrogen-bond donors (Lipinski definition) is 0. The van der Waals surface area contributed by atoms with Crippen LogP contribution in [0, 0.1) is 11.7 Å². The second-order valence-corrected chi connectivity index (χ2v) is 12.0. The van der Waals surface area contributed by atoms with E-state index in [1.807, 2.05) is 31.1 Å². The van der Waals surface area contributed by atoms with Crippen molar-refractivity contribution in [3.63, 3.8) is 0 Å². The summed E-state index contributed by atoms with van der Waals surface area (Å²) < 4.78 is 41.6. The van der Waals surface area contributed by atoms with Crippen molar-refractivity contribution in [2.45, 2.75) is 31.1 Å². The zero-order chi connectivity index (χ0) is 25.2. The molecule has 3 aromatic rings. The van der Waals surface area contributed by atoms with Crippen molar-refractivity contribution in [1.82, 2.24) is 14.2 Å². The van der Waals surface area contributed by atoms with Gasteiger partial charge in [-0.2, -0.15) is 4.31 Å². The van der Waals surface area contributed by atoms with E-state index in [1.165, 1.54) is 27.8 Å². The lowest BCUT2D eigenvalue weighted by Crippen LogP contribution is -2.46. The van der Waals surface area contributed by atoms with Crippen molar-refractivity contribution in [1.29, 1.82) is 0 Å². The van der Waals surface area contributed by atoms with Gasteiger partial charge in [0, 0.05) is 32.1 Å². The number of rotatable bonds is 8. The van der Waals surface area contributed by atoms with Crippen molar-refractivity contribution in [2.75, 3.05) is 45.2 Å². The number of para-hydroxylation sites is 1. The molecular formula is C25H31FN4O3S2. The number of halogens is 1. The third kappa shape index (κ3) is 5.55. The maximum atomic E-state index is 13.7. The molecule has 0 spiro atoms. The maximum absolute atomic E-state index is 13.7. The Balaban J connectivity index is 1.52. The molecule has 2 aromatic carbocycles. The average molecular weight is 519 g/mol. The van der Waals surface area contributed by atoms with E-state index in [-0.39, 0.29) is 29.8 Å². The largest absolute Gasteiger partial charge is 0.308 e. The van der Waals surface area contributed by atoms with Crippen LogP contribution in [0.4, 0.5) is 9.52 Å². The van der Waals surface area contributed by atoms with E-state index in [4.69, 9.17) is 4.98 Å². The maximum Gasteiger partial charge on any atom is 0.243 e. The number of benzene rings is 2. The monoisotopic (exact) mass is 518 g/mol. The summed E-state index contributed by atoms with van der Waals surface area (Å²) in [6.45, 7) is 3.80. The van der Waals surface area contributed by atoms with Crippen LogP contribution in [0.3, 0.4) is 0 Å². The van der Waals surface area contributed by atoms with E-state index in [0.29, 0.717) is 31.1 Å². The van der Waals surface area contributed by atoms with Crippen LogP contribution in [-0.2, 0) is 21.2 Å². The summed E-state index contributed by atoms with van der Waals surface area (Å²) in [7, 11) is 0.212. The van der Waals surface area contributed by atoms with Crippen LogP contribution in [0.2, 0.25) is 0 Å². The minimum atomic E-state index is -3.72. The number of nitrogens with zero attached hydrogens (tertiary/aromatic N) is 4. The fourth-order valence-corrected chi connectivity index (χ4v) is 6.83. The van der Waals surface area contributed by atoms with Crippen LogP contribution in [0.25, 0.3) is 10.2 Å². The first-order valence-electron chi connectivity index (χ1n) is 11.8. The first kappa shape index (κ1) is 25.7. The van der Waals surface area contributed by atoms with Crippen LogP contribution < -0.4 is 4.90 Å². The summed E-state index contributed by atoms with van der Waals surface area (Å²) in [5.74, 6) is -0.774. The Morgan fingerprint density at radius 2 is 1.80 bits per heavy atom. The third-order valence-corrected chi connectivity index (χ3v) is 9.35. The number of fused-ring (bicyclic) bond motifs is 1. The van der Waals surface area contributed by atoms with Gasteiger partial charge in [-0.25, -0.2) is 17.8 Å². The number of piperidine rings is 1. The molecule has 1 amide bonds. The van der Waals surface area contributed by atoms with Crippen LogP contribution in [0.5, 0.6) is 0 Å². The SMILES string of the molecule is CCc1cccc2sc(N(CCN(C)C)C(=O)C3CCN(S(=O)(=O)c4ccc(F)cc4)CC3)nc12. The lowest BCUT2D eigenvalue weighted by atomic mass is 9.96. The van der Waals surface area contributed by atoms with Gasteiger partial charge in [0.05, 0.1) is 15.1 Å². The molecule has 0 radical (unpaired) electrons. The van der Waals surface area contributed by atoms with Gasteiger partial charge >= 0.3 is 0 Å². The van der Waals surface area contributed by atoms with Crippen molar-refractivity contribution >= 4 is 42.6 Å². The van der Waals surface area contributed by atoms with Crippen LogP contribution in [0.15, 0.2) is 47.4 Å². The van der Waals surface area contributed by atoms with E-state index in [2.05, 4.69) is 13.0 Å². The lowest BCUT2D eigenvalue weighted by molar-refractivity contribution is -0.123. The second-order valence-electron chi connectivity index (χ2n) is 9.04. The van der Waals surface area contributed by atoms with Crippen molar-refractivity contribution in [2.24, 2.45) is 5.92 Å². The number of carbonyl (C=O) groups excluding carboxylic acids is 1. The normalized spacial score (nSPS) is 15.7. The molecule has 0 aliphatic carbocycles. The molecule has 35 heavy (non-hydrogen) atoms. The van der Waals surface area contributed by atoms with Crippen molar-refractivity contribution < 1.29 is 17.6 Å². The number of thiazole rings is 1. The van der Waals surface area contributed by atoms with Gasteiger partial charge in [-0.05, 0) is 69.3 Å². The Morgan fingerprint density at radius 3 is 2.43 bits per heavy atom. The Bertz CT molecular complexity index is 1280. The van der Waals surface area contributed by atoms with E-state index in [9.17, 15) is 17.6 Å². The summed E-state index contributed by atoms with van der Waals surface area (Å²) >= 11 is 1.52. The summed E-state index contributed by atoms with van der Waals surface area (Å²) in [4.78, 5) is 22.4. The number of likely N-dealkylation sites (N-methyl/N-ethyl adjacent to an activating group) is 1. The first-order chi connectivity index (χ1) is 16.7.